The lowest BCUT2D eigenvalue weighted by Crippen LogP contribution is -2.28. The molecule has 0 spiro atoms. The fraction of sp³-hybridized carbons (Fsp3) is 0.133. The number of nitrogens with two attached hydrogens (primary N) is 1. The molecule has 1 aromatic carbocycles. The van der Waals surface area contributed by atoms with E-state index in [1.54, 1.807) is 19.4 Å². The van der Waals surface area contributed by atoms with Gasteiger partial charge in [-0.05, 0) is 30.3 Å². The van der Waals surface area contributed by atoms with Gasteiger partial charge < -0.3 is 20.2 Å². The minimum absolute atomic E-state index is 0.00881. The van der Waals surface area contributed by atoms with Crippen LogP contribution in [0, 0.1) is 0 Å². The summed E-state index contributed by atoms with van der Waals surface area (Å²) < 4.78 is 7.98. The van der Waals surface area contributed by atoms with E-state index in [9.17, 15) is 4.79 Å². The molecule has 23 heavy (non-hydrogen) atoms. The Bertz CT molecular complexity index is 924. The van der Waals surface area contributed by atoms with Crippen LogP contribution >= 0.6 is 0 Å². The highest BCUT2D eigenvalue weighted by molar-refractivity contribution is 5.79. The highest BCUT2D eigenvalue weighted by Crippen LogP contribution is 2.21. The molecule has 0 aliphatic rings. The van der Waals surface area contributed by atoms with Gasteiger partial charge in [0.15, 0.2) is 5.84 Å². The largest absolute Gasteiger partial charge is 0.497 e. The molecule has 2 aromatic heterocycles. The van der Waals surface area contributed by atoms with Crippen LogP contribution in [0.2, 0.25) is 0 Å². The monoisotopic (exact) mass is 313 g/mol. The summed E-state index contributed by atoms with van der Waals surface area (Å²) in [4.78, 5) is 12.4. The normalized spacial score (nSPS) is 11.8. The second-order valence-electron chi connectivity index (χ2n) is 4.91. The Morgan fingerprint density at radius 1 is 1.35 bits per heavy atom. The quantitative estimate of drug-likeness (QED) is 0.322. The first-order chi connectivity index (χ1) is 11.1. The van der Waals surface area contributed by atoms with E-state index in [0.29, 0.717) is 11.2 Å². The van der Waals surface area contributed by atoms with Crippen molar-refractivity contribution in [1.82, 2.24) is 14.2 Å². The van der Waals surface area contributed by atoms with E-state index in [2.05, 4.69) is 10.3 Å². The molecular weight excluding hydrogens is 298 g/mol. The zero-order valence-electron chi connectivity index (χ0n) is 12.4. The Hall–Kier alpha value is -3.29. The maximum absolute atomic E-state index is 12.4. The van der Waals surface area contributed by atoms with E-state index in [4.69, 9.17) is 15.7 Å². The van der Waals surface area contributed by atoms with Crippen LogP contribution in [0.15, 0.2) is 52.7 Å². The number of aromatic nitrogens is 3. The number of nitrogens with zero attached hydrogens (tertiary/aromatic N) is 4. The molecule has 3 aromatic rings. The van der Waals surface area contributed by atoms with Gasteiger partial charge in [-0.15, -0.1) is 0 Å². The minimum atomic E-state index is -0.272. The lowest BCUT2D eigenvalue weighted by atomic mass is 10.1. The Morgan fingerprint density at radius 3 is 2.74 bits per heavy atom. The number of methoxy groups -OCH3 is 1. The Labute approximate surface area is 131 Å². The first kappa shape index (κ1) is 14.6. The van der Waals surface area contributed by atoms with E-state index in [1.165, 1.54) is 15.3 Å². The number of ether oxygens (including phenoxy) is 1. The Balaban J connectivity index is 2.04. The van der Waals surface area contributed by atoms with Crippen LogP contribution in [0.3, 0.4) is 0 Å². The second-order valence-corrected chi connectivity index (χ2v) is 4.91. The molecule has 0 saturated carbocycles. The highest BCUT2D eigenvalue weighted by Gasteiger charge is 2.10. The molecule has 0 fully saturated rings. The van der Waals surface area contributed by atoms with Gasteiger partial charge >= 0.3 is 0 Å². The Morgan fingerprint density at radius 2 is 2.09 bits per heavy atom. The fourth-order valence-corrected chi connectivity index (χ4v) is 2.26. The molecule has 0 aliphatic carbocycles. The van der Waals surface area contributed by atoms with Gasteiger partial charge in [0.2, 0.25) is 0 Å². The Kier molecular flexibility index (Phi) is 3.71. The van der Waals surface area contributed by atoms with E-state index in [0.717, 1.165) is 11.3 Å². The molecule has 3 rings (SSSR count). The standard InChI is InChI=1S/C15H15N5O3/c1-23-11-4-2-10(3-5-11)12-8-13-15(21)19(9-14(16)18-22)6-7-20(13)17-12/h2-8,22H,9H2,1H3,(H2,16,18). The van der Waals surface area contributed by atoms with Crippen LogP contribution in [-0.4, -0.2) is 32.3 Å². The van der Waals surface area contributed by atoms with Crippen LogP contribution in [0.5, 0.6) is 5.75 Å². The van der Waals surface area contributed by atoms with Crippen LogP contribution in [0.25, 0.3) is 16.8 Å². The van der Waals surface area contributed by atoms with Crippen molar-refractivity contribution in [2.45, 2.75) is 6.54 Å². The third-order valence-corrected chi connectivity index (χ3v) is 3.45. The molecule has 8 nitrogen and oxygen atoms in total. The lowest BCUT2D eigenvalue weighted by molar-refractivity contribution is 0.316. The molecule has 3 N–H and O–H groups in total. The van der Waals surface area contributed by atoms with Crippen molar-refractivity contribution in [3.05, 3.63) is 53.1 Å². The fourth-order valence-electron chi connectivity index (χ4n) is 2.26. The molecule has 0 unspecified atom stereocenters. The number of hydrogen-bond donors (Lipinski definition) is 2. The molecule has 118 valence electrons. The van der Waals surface area contributed by atoms with Crippen LogP contribution in [0.4, 0.5) is 0 Å². The zero-order valence-corrected chi connectivity index (χ0v) is 12.4. The number of rotatable bonds is 4. The van der Waals surface area contributed by atoms with Gasteiger partial charge in [0.25, 0.3) is 5.56 Å². The molecule has 0 amide bonds. The molecule has 0 radical (unpaired) electrons. The maximum Gasteiger partial charge on any atom is 0.277 e. The van der Waals surface area contributed by atoms with Crippen LogP contribution < -0.4 is 16.0 Å². The molecule has 0 aliphatic heterocycles. The van der Waals surface area contributed by atoms with Gasteiger partial charge in [-0.3, -0.25) is 4.79 Å². The van der Waals surface area contributed by atoms with E-state index in [1.807, 2.05) is 24.3 Å². The topological polar surface area (TPSA) is 107 Å². The third-order valence-electron chi connectivity index (χ3n) is 3.45. The van der Waals surface area contributed by atoms with Crippen molar-refractivity contribution in [3.8, 4) is 17.0 Å². The average molecular weight is 313 g/mol. The lowest BCUT2D eigenvalue weighted by Gasteiger charge is -2.03. The summed E-state index contributed by atoms with van der Waals surface area (Å²) in [5.74, 6) is 0.699. The number of amidine groups is 1. The predicted molar refractivity (Wildman–Crippen MR) is 84.8 cm³/mol. The van der Waals surface area contributed by atoms with Gasteiger partial charge in [0.1, 0.15) is 11.3 Å². The summed E-state index contributed by atoms with van der Waals surface area (Å²) in [6.45, 7) is 0.00881. The van der Waals surface area contributed by atoms with Crippen molar-refractivity contribution in [2.75, 3.05) is 7.11 Å². The van der Waals surface area contributed by atoms with Gasteiger partial charge in [-0.1, -0.05) is 5.16 Å². The smallest absolute Gasteiger partial charge is 0.277 e. The summed E-state index contributed by atoms with van der Waals surface area (Å²) in [6.07, 6.45) is 3.19. The van der Waals surface area contributed by atoms with Crippen molar-refractivity contribution in [1.29, 1.82) is 0 Å². The summed E-state index contributed by atoms with van der Waals surface area (Å²) >= 11 is 0. The summed E-state index contributed by atoms with van der Waals surface area (Å²) in [5.41, 5.74) is 7.13. The van der Waals surface area contributed by atoms with Crippen molar-refractivity contribution in [3.63, 3.8) is 0 Å². The first-order valence-corrected chi connectivity index (χ1v) is 6.82. The first-order valence-electron chi connectivity index (χ1n) is 6.82. The molecule has 2 heterocycles. The predicted octanol–water partition coefficient (Wildman–Crippen LogP) is 0.918. The number of fused-ring (bicyclic) bond motifs is 1. The van der Waals surface area contributed by atoms with Crippen LogP contribution in [-0.2, 0) is 6.54 Å². The minimum Gasteiger partial charge on any atom is -0.497 e. The van der Waals surface area contributed by atoms with Crippen LogP contribution in [0.1, 0.15) is 0 Å². The summed E-state index contributed by atoms with van der Waals surface area (Å²) in [7, 11) is 1.60. The molecular formula is C15H15N5O3. The number of oxime groups is 1. The van der Waals surface area contributed by atoms with E-state index in [-0.39, 0.29) is 17.9 Å². The maximum atomic E-state index is 12.4. The SMILES string of the molecule is COc1ccc(-c2cc3c(=O)n(CC(N)=NO)ccn3n2)cc1. The van der Waals surface area contributed by atoms with Gasteiger partial charge in [-0.2, -0.15) is 5.10 Å². The van der Waals surface area contributed by atoms with Gasteiger partial charge in [0, 0.05) is 18.0 Å². The van der Waals surface area contributed by atoms with Gasteiger partial charge in [-0.25, -0.2) is 4.52 Å². The molecule has 0 saturated heterocycles. The molecule has 8 heteroatoms. The average Bonchev–Trinajstić information content (AvgIpc) is 3.02. The van der Waals surface area contributed by atoms with Crippen molar-refractivity contribution >= 4 is 11.4 Å². The van der Waals surface area contributed by atoms with Crippen molar-refractivity contribution < 1.29 is 9.94 Å². The second kappa shape index (κ2) is 5.84. The summed E-state index contributed by atoms with van der Waals surface area (Å²) in [6, 6.07) is 9.10. The molecule has 0 atom stereocenters. The zero-order chi connectivity index (χ0) is 16.4. The summed E-state index contributed by atoms with van der Waals surface area (Å²) in [5, 5.41) is 15.9. The van der Waals surface area contributed by atoms with Crippen molar-refractivity contribution in [2.24, 2.45) is 10.9 Å². The van der Waals surface area contributed by atoms with E-state index < -0.39 is 0 Å². The third kappa shape index (κ3) is 2.73. The highest BCUT2D eigenvalue weighted by atomic mass is 16.5. The number of benzene rings is 1. The molecule has 0 bridgehead atoms. The van der Waals surface area contributed by atoms with Gasteiger partial charge in [0.05, 0.1) is 19.3 Å². The van der Waals surface area contributed by atoms with E-state index >= 15 is 0 Å². The number of hydrogen-bond acceptors (Lipinski definition) is 5.